The molecule has 0 fully saturated rings. The van der Waals surface area contributed by atoms with E-state index in [-0.39, 0.29) is 22.6 Å². The summed E-state index contributed by atoms with van der Waals surface area (Å²) in [4.78, 5) is 24.0. The Morgan fingerprint density at radius 1 is 0.969 bits per heavy atom. The molecule has 1 heterocycles. The van der Waals surface area contributed by atoms with Gasteiger partial charge in [-0.05, 0) is 60.9 Å². The van der Waals surface area contributed by atoms with Crippen molar-refractivity contribution in [2.24, 2.45) is 10.2 Å². The lowest BCUT2D eigenvalue weighted by Crippen LogP contribution is -2.14. The molecule has 8 nitrogen and oxygen atoms in total. The predicted molar refractivity (Wildman–Crippen MR) is 121 cm³/mol. The van der Waals surface area contributed by atoms with Crippen LogP contribution in [0.1, 0.15) is 21.5 Å². The molecule has 160 valence electrons. The van der Waals surface area contributed by atoms with E-state index in [1.165, 1.54) is 16.9 Å². The minimum atomic E-state index is -1.22. The number of H-pyrrole nitrogens is 1. The SMILES string of the molecule is Cc1ccc(-n2[nH]cc(N=Nc3cccc(-c4cccc(C(=O)O)c4O)c3)c2=O)cc1C. The largest absolute Gasteiger partial charge is 0.506 e. The average molecular weight is 428 g/mol. The number of hydrogen-bond acceptors (Lipinski definition) is 5. The first-order chi connectivity index (χ1) is 15.3. The number of nitrogens with one attached hydrogen (secondary N) is 1. The van der Waals surface area contributed by atoms with Gasteiger partial charge in [0.15, 0.2) is 5.69 Å². The molecule has 0 aliphatic rings. The van der Waals surface area contributed by atoms with Crippen molar-refractivity contribution in [3.63, 3.8) is 0 Å². The third-order valence-corrected chi connectivity index (χ3v) is 5.20. The van der Waals surface area contributed by atoms with Crippen LogP contribution in [0.25, 0.3) is 16.8 Å². The van der Waals surface area contributed by atoms with Crippen molar-refractivity contribution in [2.45, 2.75) is 13.8 Å². The summed E-state index contributed by atoms with van der Waals surface area (Å²) < 4.78 is 1.40. The third kappa shape index (κ3) is 3.93. The highest BCUT2D eigenvalue weighted by Crippen LogP contribution is 2.34. The van der Waals surface area contributed by atoms with Crippen molar-refractivity contribution in [1.29, 1.82) is 0 Å². The summed E-state index contributed by atoms with van der Waals surface area (Å²) in [6, 6.07) is 17.0. The van der Waals surface area contributed by atoms with Crippen LogP contribution in [0.3, 0.4) is 0 Å². The highest BCUT2D eigenvalue weighted by atomic mass is 16.4. The number of aromatic carboxylic acids is 1. The quantitative estimate of drug-likeness (QED) is 0.375. The molecule has 3 N–H and O–H groups in total. The first kappa shape index (κ1) is 20.8. The van der Waals surface area contributed by atoms with Gasteiger partial charge in [-0.1, -0.05) is 30.3 Å². The monoisotopic (exact) mass is 428 g/mol. The Balaban J connectivity index is 1.64. The first-order valence-electron chi connectivity index (χ1n) is 9.80. The van der Waals surface area contributed by atoms with Crippen LogP contribution in [0.15, 0.2) is 81.9 Å². The zero-order valence-corrected chi connectivity index (χ0v) is 17.4. The van der Waals surface area contributed by atoms with E-state index in [1.54, 1.807) is 36.4 Å². The van der Waals surface area contributed by atoms with Crippen molar-refractivity contribution in [1.82, 2.24) is 9.78 Å². The molecule has 0 atom stereocenters. The van der Waals surface area contributed by atoms with Crippen molar-refractivity contribution in [3.8, 4) is 22.6 Å². The van der Waals surface area contributed by atoms with E-state index < -0.39 is 5.97 Å². The van der Waals surface area contributed by atoms with Crippen molar-refractivity contribution in [3.05, 3.63) is 93.9 Å². The molecule has 3 aromatic carbocycles. The highest BCUT2D eigenvalue weighted by molar-refractivity contribution is 5.94. The molecule has 0 spiro atoms. The fraction of sp³-hybridized carbons (Fsp3) is 0.0833. The van der Waals surface area contributed by atoms with Gasteiger partial charge in [0.2, 0.25) is 0 Å². The van der Waals surface area contributed by atoms with Crippen LogP contribution in [-0.2, 0) is 0 Å². The van der Waals surface area contributed by atoms with Gasteiger partial charge >= 0.3 is 5.97 Å². The minimum absolute atomic E-state index is 0.143. The van der Waals surface area contributed by atoms with Gasteiger partial charge in [-0.2, -0.15) is 5.11 Å². The Morgan fingerprint density at radius 3 is 2.50 bits per heavy atom. The normalized spacial score (nSPS) is 11.2. The molecule has 4 rings (SSSR count). The number of azo groups is 1. The number of hydrogen-bond donors (Lipinski definition) is 3. The van der Waals surface area contributed by atoms with Gasteiger partial charge in [0, 0.05) is 5.56 Å². The molecule has 4 aromatic rings. The molecule has 0 amide bonds. The summed E-state index contributed by atoms with van der Waals surface area (Å²) in [6.45, 7) is 3.98. The van der Waals surface area contributed by atoms with Crippen LogP contribution in [0.5, 0.6) is 5.75 Å². The van der Waals surface area contributed by atoms with Gasteiger partial charge < -0.3 is 10.2 Å². The molecule has 0 saturated carbocycles. The number of phenols is 1. The van der Waals surface area contributed by atoms with Crippen LogP contribution in [0.4, 0.5) is 11.4 Å². The zero-order valence-electron chi connectivity index (χ0n) is 17.4. The molecule has 0 bridgehead atoms. The van der Waals surface area contributed by atoms with Crippen LogP contribution in [0, 0.1) is 13.8 Å². The fourth-order valence-corrected chi connectivity index (χ4v) is 3.29. The zero-order chi connectivity index (χ0) is 22.8. The van der Waals surface area contributed by atoms with E-state index >= 15 is 0 Å². The molecule has 0 aliphatic carbocycles. The summed E-state index contributed by atoms with van der Waals surface area (Å²) in [5.74, 6) is -1.54. The smallest absolute Gasteiger partial charge is 0.339 e. The third-order valence-electron chi connectivity index (χ3n) is 5.20. The Hall–Kier alpha value is -4.46. The van der Waals surface area contributed by atoms with Crippen molar-refractivity contribution in [2.75, 3.05) is 0 Å². The van der Waals surface area contributed by atoms with E-state index in [9.17, 15) is 19.8 Å². The maximum Gasteiger partial charge on any atom is 0.339 e. The first-order valence-corrected chi connectivity index (χ1v) is 9.80. The van der Waals surface area contributed by atoms with Crippen LogP contribution >= 0.6 is 0 Å². The van der Waals surface area contributed by atoms with Crippen molar-refractivity contribution < 1.29 is 15.0 Å². The summed E-state index contributed by atoms with van der Waals surface area (Å²) >= 11 is 0. The lowest BCUT2D eigenvalue weighted by Gasteiger charge is -2.07. The number of carboxylic acids is 1. The second-order valence-corrected chi connectivity index (χ2v) is 7.33. The lowest BCUT2D eigenvalue weighted by atomic mass is 10.0. The van der Waals surface area contributed by atoms with Crippen molar-refractivity contribution >= 4 is 17.3 Å². The predicted octanol–water partition coefficient (Wildman–Crippen LogP) is 5.27. The topological polar surface area (TPSA) is 120 Å². The number of benzene rings is 3. The molecular weight excluding hydrogens is 408 g/mol. The minimum Gasteiger partial charge on any atom is -0.506 e. The van der Waals surface area contributed by atoms with Gasteiger partial charge in [0.25, 0.3) is 5.56 Å². The molecule has 8 heteroatoms. The summed E-state index contributed by atoms with van der Waals surface area (Å²) in [6.07, 6.45) is 1.48. The molecule has 0 saturated heterocycles. The van der Waals surface area contributed by atoms with E-state index in [2.05, 4.69) is 15.3 Å². The maximum absolute atomic E-state index is 12.7. The highest BCUT2D eigenvalue weighted by Gasteiger charge is 2.14. The summed E-state index contributed by atoms with van der Waals surface area (Å²) in [5.41, 5.74) is 3.91. The number of aromatic amines is 1. The molecular formula is C24H20N4O4. The molecule has 0 radical (unpaired) electrons. The van der Waals surface area contributed by atoms with Crippen LogP contribution in [0.2, 0.25) is 0 Å². The van der Waals surface area contributed by atoms with Crippen LogP contribution in [-0.4, -0.2) is 26.0 Å². The van der Waals surface area contributed by atoms with Gasteiger partial charge in [0.1, 0.15) is 11.3 Å². The van der Waals surface area contributed by atoms with Gasteiger partial charge in [-0.15, -0.1) is 5.11 Å². The Morgan fingerprint density at radius 2 is 1.75 bits per heavy atom. The van der Waals surface area contributed by atoms with Gasteiger partial charge in [-0.3, -0.25) is 9.89 Å². The Kier molecular flexibility index (Phi) is 5.43. The average Bonchev–Trinajstić information content (AvgIpc) is 3.14. The Bertz CT molecular complexity index is 1420. The number of carbonyl (C=O) groups is 1. The number of aryl methyl sites for hydroxylation is 2. The molecule has 0 aliphatic heterocycles. The fourth-order valence-electron chi connectivity index (χ4n) is 3.29. The molecule has 0 unspecified atom stereocenters. The number of rotatable bonds is 5. The second kappa shape index (κ2) is 8.35. The number of para-hydroxylation sites is 1. The van der Waals surface area contributed by atoms with Crippen LogP contribution < -0.4 is 5.56 Å². The van der Waals surface area contributed by atoms with Gasteiger partial charge in [0.05, 0.1) is 17.6 Å². The number of nitrogens with zero attached hydrogens (tertiary/aromatic N) is 3. The standard InChI is InChI=1S/C24H20N4O4/c1-14-9-10-18(11-15(14)2)28-23(30)21(13-25-28)27-26-17-6-3-5-16(12-17)19-7-4-8-20(22(19)29)24(31)32/h3-13,25,29H,1-2H3,(H,31,32). The van der Waals surface area contributed by atoms with Gasteiger partial charge in [-0.25, -0.2) is 9.48 Å². The molecule has 32 heavy (non-hydrogen) atoms. The second-order valence-electron chi connectivity index (χ2n) is 7.33. The maximum atomic E-state index is 12.7. The van der Waals surface area contributed by atoms with E-state index in [4.69, 9.17) is 0 Å². The van der Waals surface area contributed by atoms with E-state index in [0.717, 1.165) is 11.1 Å². The number of carboxylic acid groups (broad SMARTS) is 1. The lowest BCUT2D eigenvalue weighted by molar-refractivity contribution is 0.0694. The van der Waals surface area contributed by atoms with E-state index in [1.807, 2.05) is 32.0 Å². The summed E-state index contributed by atoms with van der Waals surface area (Å²) in [7, 11) is 0. The molecule has 1 aromatic heterocycles. The number of aromatic nitrogens is 2. The summed E-state index contributed by atoms with van der Waals surface area (Å²) in [5, 5.41) is 30.6. The van der Waals surface area contributed by atoms with E-state index in [0.29, 0.717) is 22.5 Å². The number of aromatic hydroxyl groups is 1. The Labute approximate surface area is 183 Å².